The van der Waals surface area contributed by atoms with E-state index >= 15 is 0 Å². The number of hydrogen-bond acceptors (Lipinski definition) is 4. The highest BCUT2D eigenvalue weighted by Crippen LogP contribution is 2.28. The molecule has 132 valence electrons. The average Bonchev–Trinajstić information content (AvgIpc) is 3.33. The summed E-state index contributed by atoms with van der Waals surface area (Å²) in [5, 5.41) is 5.93. The first-order chi connectivity index (χ1) is 12.8. The van der Waals surface area contributed by atoms with Gasteiger partial charge in [0.05, 0.1) is 31.2 Å². The van der Waals surface area contributed by atoms with E-state index in [-0.39, 0.29) is 0 Å². The second-order valence-corrected chi connectivity index (χ2v) is 6.70. The molecule has 0 aliphatic carbocycles. The van der Waals surface area contributed by atoms with E-state index in [1.165, 1.54) is 10.9 Å². The van der Waals surface area contributed by atoms with Crippen molar-refractivity contribution in [2.24, 2.45) is 0 Å². The Labute approximate surface area is 156 Å². The maximum absolute atomic E-state index is 5.45. The van der Waals surface area contributed by atoms with Gasteiger partial charge >= 0.3 is 0 Å². The standard InChI is InChI=1S/C20H19N3O2S/c1-24-17-7-8-20(25-2)19(13-17)22-11-10-16(21-22)14-26-23-12-9-15-5-3-4-6-18(15)23/h3-13H,14H2,1-2H3. The molecular weight excluding hydrogens is 346 g/mol. The zero-order valence-corrected chi connectivity index (χ0v) is 15.4. The molecule has 0 fully saturated rings. The summed E-state index contributed by atoms with van der Waals surface area (Å²) < 4.78 is 14.8. The van der Waals surface area contributed by atoms with Gasteiger partial charge in [-0.2, -0.15) is 5.10 Å². The largest absolute Gasteiger partial charge is 0.497 e. The fraction of sp³-hybridized carbons (Fsp3) is 0.150. The molecule has 2 heterocycles. The van der Waals surface area contributed by atoms with Gasteiger partial charge in [0.25, 0.3) is 0 Å². The van der Waals surface area contributed by atoms with Gasteiger partial charge < -0.3 is 9.47 Å². The zero-order chi connectivity index (χ0) is 17.9. The molecule has 0 saturated heterocycles. The summed E-state index contributed by atoms with van der Waals surface area (Å²) >= 11 is 1.72. The first kappa shape index (κ1) is 16.6. The number of rotatable bonds is 6. The van der Waals surface area contributed by atoms with Crippen LogP contribution in [0.2, 0.25) is 0 Å². The van der Waals surface area contributed by atoms with Crippen molar-refractivity contribution in [1.29, 1.82) is 0 Å². The Morgan fingerprint density at radius 3 is 2.69 bits per heavy atom. The number of methoxy groups -OCH3 is 2. The summed E-state index contributed by atoms with van der Waals surface area (Å²) in [6.07, 6.45) is 4.04. The summed E-state index contributed by atoms with van der Waals surface area (Å²) in [4.78, 5) is 0. The van der Waals surface area contributed by atoms with Crippen LogP contribution in [0.3, 0.4) is 0 Å². The molecule has 0 saturated carbocycles. The lowest BCUT2D eigenvalue weighted by Crippen LogP contribution is -2.00. The summed E-state index contributed by atoms with van der Waals surface area (Å²) in [5.74, 6) is 2.30. The third-order valence-corrected chi connectivity index (χ3v) is 5.21. The van der Waals surface area contributed by atoms with Crippen molar-refractivity contribution in [2.75, 3.05) is 14.2 Å². The SMILES string of the molecule is COc1ccc(OC)c(-n2ccc(CSn3ccc4ccccc43)n2)c1. The van der Waals surface area contributed by atoms with Crippen molar-refractivity contribution in [2.45, 2.75) is 5.75 Å². The Morgan fingerprint density at radius 2 is 1.85 bits per heavy atom. The quantitative estimate of drug-likeness (QED) is 0.503. The van der Waals surface area contributed by atoms with Gasteiger partial charge in [-0.05, 0) is 42.3 Å². The number of para-hydroxylation sites is 1. The molecule has 0 unspecified atom stereocenters. The highest BCUT2D eigenvalue weighted by Gasteiger charge is 2.10. The number of benzene rings is 2. The van der Waals surface area contributed by atoms with E-state index in [1.54, 1.807) is 26.2 Å². The van der Waals surface area contributed by atoms with E-state index in [9.17, 15) is 0 Å². The van der Waals surface area contributed by atoms with Crippen LogP contribution < -0.4 is 9.47 Å². The van der Waals surface area contributed by atoms with Crippen molar-refractivity contribution in [3.05, 3.63) is 72.7 Å². The highest BCUT2D eigenvalue weighted by molar-refractivity contribution is 7.97. The minimum absolute atomic E-state index is 0.754. The lowest BCUT2D eigenvalue weighted by Gasteiger charge is -2.10. The molecule has 2 aromatic heterocycles. The Balaban J connectivity index is 1.55. The first-order valence-electron chi connectivity index (χ1n) is 8.25. The molecule has 26 heavy (non-hydrogen) atoms. The summed E-state index contributed by atoms with van der Waals surface area (Å²) in [5.41, 5.74) is 3.07. The van der Waals surface area contributed by atoms with Crippen molar-refractivity contribution in [1.82, 2.24) is 13.8 Å². The van der Waals surface area contributed by atoms with Crippen LogP contribution in [-0.4, -0.2) is 28.0 Å². The van der Waals surface area contributed by atoms with Gasteiger partial charge in [-0.1, -0.05) is 18.2 Å². The first-order valence-corrected chi connectivity index (χ1v) is 9.19. The Kier molecular flexibility index (Phi) is 4.58. The second-order valence-electron chi connectivity index (χ2n) is 5.76. The van der Waals surface area contributed by atoms with Crippen LogP contribution in [0.25, 0.3) is 16.6 Å². The maximum atomic E-state index is 5.45. The predicted octanol–water partition coefficient (Wildman–Crippen LogP) is 4.54. The van der Waals surface area contributed by atoms with Crippen molar-refractivity contribution >= 4 is 22.9 Å². The van der Waals surface area contributed by atoms with E-state index in [4.69, 9.17) is 14.6 Å². The molecule has 0 aliphatic rings. The number of aromatic nitrogens is 3. The van der Waals surface area contributed by atoms with Crippen LogP contribution in [0, 0.1) is 0 Å². The minimum atomic E-state index is 0.754. The fourth-order valence-electron chi connectivity index (χ4n) is 2.85. The number of hydrogen-bond donors (Lipinski definition) is 0. The molecule has 5 nitrogen and oxygen atoms in total. The summed E-state index contributed by atoms with van der Waals surface area (Å²) in [6.45, 7) is 0. The monoisotopic (exact) mass is 365 g/mol. The normalized spacial score (nSPS) is 11.0. The number of ether oxygens (including phenoxy) is 2. The van der Waals surface area contributed by atoms with E-state index in [2.05, 4.69) is 40.5 Å². The summed E-state index contributed by atoms with van der Waals surface area (Å²) in [6, 6.07) is 18.2. The topological polar surface area (TPSA) is 41.2 Å². The van der Waals surface area contributed by atoms with E-state index in [1.807, 2.05) is 35.1 Å². The Bertz CT molecular complexity index is 1040. The average molecular weight is 365 g/mol. The maximum Gasteiger partial charge on any atom is 0.144 e. The van der Waals surface area contributed by atoms with Gasteiger partial charge in [0.15, 0.2) is 0 Å². The minimum Gasteiger partial charge on any atom is -0.497 e. The molecule has 0 radical (unpaired) electrons. The van der Waals surface area contributed by atoms with Crippen molar-refractivity contribution in [3.8, 4) is 17.2 Å². The van der Waals surface area contributed by atoms with Crippen LogP contribution in [0.5, 0.6) is 11.5 Å². The lowest BCUT2D eigenvalue weighted by molar-refractivity contribution is 0.400. The second kappa shape index (κ2) is 7.17. The number of nitrogens with zero attached hydrogens (tertiary/aromatic N) is 3. The molecule has 0 aliphatic heterocycles. The predicted molar refractivity (Wildman–Crippen MR) is 105 cm³/mol. The lowest BCUT2D eigenvalue weighted by atomic mass is 10.2. The van der Waals surface area contributed by atoms with E-state index in [0.29, 0.717) is 0 Å². The van der Waals surface area contributed by atoms with Crippen LogP contribution in [0.4, 0.5) is 0 Å². The number of fused-ring (bicyclic) bond motifs is 1. The molecule has 6 heteroatoms. The van der Waals surface area contributed by atoms with Gasteiger partial charge in [0.1, 0.15) is 17.2 Å². The highest BCUT2D eigenvalue weighted by atomic mass is 32.2. The van der Waals surface area contributed by atoms with Gasteiger partial charge in [-0.25, -0.2) is 4.68 Å². The summed E-state index contributed by atoms with van der Waals surface area (Å²) in [7, 11) is 3.31. The van der Waals surface area contributed by atoms with Crippen molar-refractivity contribution in [3.63, 3.8) is 0 Å². The van der Waals surface area contributed by atoms with Crippen LogP contribution in [-0.2, 0) is 5.75 Å². The van der Waals surface area contributed by atoms with Gasteiger partial charge in [-0.3, -0.25) is 3.97 Å². The molecular formula is C20H19N3O2S. The molecule has 0 bridgehead atoms. The van der Waals surface area contributed by atoms with E-state index < -0.39 is 0 Å². The van der Waals surface area contributed by atoms with Crippen LogP contribution in [0.1, 0.15) is 5.69 Å². The van der Waals surface area contributed by atoms with Crippen LogP contribution in [0.15, 0.2) is 67.0 Å². The molecule has 4 rings (SSSR count). The van der Waals surface area contributed by atoms with Crippen molar-refractivity contribution < 1.29 is 9.47 Å². The third-order valence-electron chi connectivity index (χ3n) is 4.19. The van der Waals surface area contributed by atoms with Gasteiger partial charge in [0, 0.05) is 23.8 Å². The Morgan fingerprint density at radius 1 is 0.962 bits per heavy atom. The van der Waals surface area contributed by atoms with Crippen LogP contribution >= 0.6 is 11.9 Å². The molecule has 4 aromatic rings. The molecule has 0 spiro atoms. The Hall–Kier alpha value is -2.86. The zero-order valence-electron chi connectivity index (χ0n) is 14.6. The van der Waals surface area contributed by atoms with Gasteiger partial charge in [-0.15, -0.1) is 0 Å². The van der Waals surface area contributed by atoms with Gasteiger partial charge in [0.2, 0.25) is 0 Å². The smallest absolute Gasteiger partial charge is 0.144 e. The van der Waals surface area contributed by atoms with E-state index in [0.717, 1.165) is 28.6 Å². The molecule has 0 N–H and O–H groups in total. The molecule has 0 atom stereocenters. The molecule has 0 amide bonds. The molecule has 2 aromatic carbocycles. The third kappa shape index (κ3) is 3.15. The fourth-order valence-corrected chi connectivity index (χ4v) is 3.73.